The van der Waals surface area contributed by atoms with Crippen LogP contribution in [0.2, 0.25) is 0 Å². The molecule has 1 amide bonds. The van der Waals surface area contributed by atoms with E-state index in [9.17, 15) is 14.7 Å². The summed E-state index contributed by atoms with van der Waals surface area (Å²) >= 11 is 0. The van der Waals surface area contributed by atoms with Crippen LogP contribution < -0.4 is 11.1 Å². The first kappa shape index (κ1) is 13.9. The molecule has 4 N–H and O–H groups in total. The number of aromatic carboxylic acids is 1. The van der Waals surface area contributed by atoms with Gasteiger partial charge in [-0.15, -0.1) is 0 Å². The Morgan fingerprint density at radius 1 is 1.19 bits per heavy atom. The summed E-state index contributed by atoms with van der Waals surface area (Å²) in [4.78, 5) is 22.9. The van der Waals surface area contributed by atoms with E-state index in [2.05, 4.69) is 5.32 Å². The molecule has 0 atom stereocenters. The van der Waals surface area contributed by atoms with Crippen molar-refractivity contribution in [3.05, 3.63) is 28.8 Å². The summed E-state index contributed by atoms with van der Waals surface area (Å²) in [7, 11) is 0. The van der Waals surface area contributed by atoms with Gasteiger partial charge in [0, 0.05) is 11.7 Å². The zero-order valence-corrected chi connectivity index (χ0v) is 12.1. The van der Waals surface area contributed by atoms with Crippen molar-refractivity contribution in [3.8, 4) is 0 Å². The van der Waals surface area contributed by atoms with Gasteiger partial charge in [0.2, 0.25) is 0 Å². The van der Waals surface area contributed by atoms with Crippen LogP contribution in [-0.4, -0.2) is 23.0 Å². The summed E-state index contributed by atoms with van der Waals surface area (Å²) in [6, 6.07) is 3.47. The smallest absolute Gasteiger partial charge is 0.336 e. The van der Waals surface area contributed by atoms with E-state index in [0.29, 0.717) is 34.7 Å². The third-order valence-corrected chi connectivity index (χ3v) is 4.44. The largest absolute Gasteiger partial charge is 0.478 e. The lowest BCUT2D eigenvalue weighted by molar-refractivity contribution is 0.0695. The third kappa shape index (κ3) is 2.86. The van der Waals surface area contributed by atoms with Crippen LogP contribution in [0.25, 0.3) is 0 Å². The van der Waals surface area contributed by atoms with Crippen LogP contribution in [0.4, 0.5) is 5.69 Å². The molecule has 3 rings (SSSR count). The second-order valence-electron chi connectivity index (χ2n) is 6.23. The summed E-state index contributed by atoms with van der Waals surface area (Å²) in [5, 5.41) is 12.7. The SMILES string of the molecule is Cc1cc(C(N)=O)c(NC(C2CC2)C2CC2)cc1C(=O)O. The molecule has 112 valence electrons. The first-order valence-electron chi connectivity index (χ1n) is 7.41. The van der Waals surface area contributed by atoms with Crippen LogP contribution >= 0.6 is 0 Å². The minimum absolute atomic E-state index is 0.216. The van der Waals surface area contributed by atoms with Crippen LogP contribution in [0.15, 0.2) is 12.1 Å². The molecule has 1 aromatic rings. The zero-order valence-electron chi connectivity index (χ0n) is 12.1. The van der Waals surface area contributed by atoms with Gasteiger partial charge in [-0.3, -0.25) is 4.79 Å². The molecule has 0 aromatic heterocycles. The van der Waals surface area contributed by atoms with Crippen LogP contribution in [0.3, 0.4) is 0 Å². The van der Waals surface area contributed by atoms with Gasteiger partial charge in [0.25, 0.3) is 5.91 Å². The van der Waals surface area contributed by atoms with Crippen molar-refractivity contribution >= 4 is 17.6 Å². The summed E-state index contributed by atoms with van der Waals surface area (Å²) in [5.74, 6) is -0.218. The molecule has 2 aliphatic rings. The van der Waals surface area contributed by atoms with Crippen molar-refractivity contribution < 1.29 is 14.7 Å². The number of carbonyl (C=O) groups is 2. The number of nitrogens with one attached hydrogen (secondary N) is 1. The van der Waals surface area contributed by atoms with Gasteiger partial charge in [-0.05, 0) is 62.1 Å². The lowest BCUT2D eigenvalue weighted by Gasteiger charge is -2.21. The fourth-order valence-corrected chi connectivity index (χ4v) is 2.97. The molecule has 0 bridgehead atoms. The molecule has 0 radical (unpaired) electrons. The van der Waals surface area contributed by atoms with Crippen molar-refractivity contribution in [2.45, 2.75) is 38.6 Å². The average Bonchev–Trinajstić information content (AvgIpc) is 3.27. The monoisotopic (exact) mass is 288 g/mol. The number of primary amides is 1. The molecule has 0 heterocycles. The Labute approximate surface area is 123 Å². The number of carboxylic acids is 1. The highest BCUT2D eigenvalue weighted by Gasteiger charge is 2.41. The number of carbonyl (C=O) groups excluding carboxylic acids is 1. The zero-order chi connectivity index (χ0) is 15.1. The van der Waals surface area contributed by atoms with Gasteiger partial charge in [-0.1, -0.05) is 0 Å². The average molecular weight is 288 g/mol. The van der Waals surface area contributed by atoms with Crippen molar-refractivity contribution in [1.82, 2.24) is 0 Å². The number of carboxylic acid groups (broad SMARTS) is 1. The van der Waals surface area contributed by atoms with E-state index < -0.39 is 11.9 Å². The molecule has 2 saturated carbocycles. The lowest BCUT2D eigenvalue weighted by atomic mass is 10.00. The Bertz CT molecular complexity index is 592. The van der Waals surface area contributed by atoms with Crippen LogP contribution in [0.1, 0.15) is 52.0 Å². The normalized spacial score (nSPS) is 17.8. The second kappa shape index (κ2) is 5.06. The van der Waals surface area contributed by atoms with Gasteiger partial charge in [0.05, 0.1) is 11.1 Å². The summed E-state index contributed by atoms with van der Waals surface area (Å²) in [5.41, 5.74) is 7.15. The number of nitrogens with two attached hydrogens (primary N) is 1. The highest BCUT2D eigenvalue weighted by Crippen LogP contribution is 2.46. The minimum atomic E-state index is -0.985. The molecule has 0 saturated heterocycles. The molecule has 2 fully saturated rings. The Hall–Kier alpha value is -2.04. The molecule has 0 aliphatic heterocycles. The lowest BCUT2D eigenvalue weighted by Crippen LogP contribution is -2.26. The minimum Gasteiger partial charge on any atom is -0.478 e. The van der Waals surface area contributed by atoms with Gasteiger partial charge in [-0.25, -0.2) is 4.79 Å². The van der Waals surface area contributed by atoms with Crippen molar-refractivity contribution in [3.63, 3.8) is 0 Å². The van der Waals surface area contributed by atoms with Crippen molar-refractivity contribution in [1.29, 1.82) is 0 Å². The Kier molecular flexibility index (Phi) is 3.35. The molecule has 0 unspecified atom stereocenters. The fraction of sp³-hybridized carbons (Fsp3) is 0.500. The van der Waals surface area contributed by atoms with Gasteiger partial charge < -0.3 is 16.2 Å². The van der Waals surface area contributed by atoms with E-state index in [1.54, 1.807) is 19.1 Å². The predicted molar refractivity (Wildman–Crippen MR) is 79.5 cm³/mol. The fourth-order valence-electron chi connectivity index (χ4n) is 2.97. The maximum Gasteiger partial charge on any atom is 0.336 e. The molecule has 2 aliphatic carbocycles. The molecule has 5 heteroatoms. The molecular weight excluding hydrogens is 268 g/mol. The van der Waals surface area contributed by atoms with E-state index >= 15 is 0 Å². The summed E-state index contributed by atoms with van der Waals surface area (Å²) in [6.07, 6.45) is 4.82. The number of hydrogen-bond acceptors (Lipinski definition) is 3. The van der Waals surface area contributed by atoms with Crippen LogP contribution in [-0.2, 0) is 0 Å². The van der Waals surface area contributed by atoms with E-state index in [-0.39, 0.29) is 5.56 Å². The molecule has 1 aromatic carbocycles. The quantitative estimate of drug-likeness (QED) is 0.749. The van der Waals surface area contributed by atoms with Gasteiger partial charge in [0.1, 0.15) is 0 Å². The molecular formula is C16H20N2O3. The van der Waals surface area contributed by atoms with Gasteiger partial charge >= 0.3 is 5.97 Å². The number of anilines is 1. The highest BCUT2D eigenvalue weighted by atomic mass is 16.4. The molecule has 21 heavy (non-hydrogen) atoms. The highest BCUT2D eigenvalue weighted by molar-refractivity contribution is 6.01. The van der Waals surface area contributed by atoms with Crippen molar-refractivity contribution in [2.75, 3.05) is 5.32 Å². The van der Waals surface area contributed by atoms with E-state index in [4.69, 9.17) is 5.73 Å². The second-order valence-corrected chi connectivity index (χ2v) is 6.23. The van der Waals surface area contributed by atoms with Crippen LogP contribution in [0.5, 0.6) is 0 Å². The topological polar surface area (TPSA) is 92.4 Å². The number of rotatable bonds is 6. The molecule has 5 nitrogen and oxygen atoms in total. The molecule has 0 spiro atoms. The maximum atomic E-state index is 11.6. The number of hydrogen-bond donors (Lipinski definition) is 3. The van der Waals surface area contributed by atoms with Crippen molar-refractivity contribution in [2.24, 2.45) is 17.6 Å². The number of amides is 1. The number of benzene rings is 1. The van der Waals surface area contributed by atoms with E-state index in [0.717, 1.165) is 0 Å². The standard InChI is InChI=1S/C16H20N2O3/c1-8-6-12(15(17)19)13(7-11(8)16(20)21)18-14(9-2-3-9)10-4-5-10/h6-7,9-10,14,18H,2-5H2,1H3,(H2,17,19)(H,20,21). The van der Waals surface area contributed by atoms with Gasteiger partial charge in [0.15, 0.2) is 0 Å². The van der Waals surface area contributed by atoms with E-state index in [1.807, 2.05) is 0 Å². The first-order chi connectivity index (χ1) is 9.97. The van der Waals surface area contributed by atoms with Gasteiger partial charge in [-0.2, -0.15) is 0 Å². The first-order valence-corrected chi connectivity index (χ1v) is 7.41. The Morgan fingerprint density at radius 2 is 1.76 bits per heavy atom. The number of aryl methyl sites for hydroxylation is 1. The summed E-state index contributed by atoms with van der Waals surface area (Å²) < 4.78 is 0. The Balaban J connectivity index is 1.95. The van der Waals surface area contributed by atoms with Crippen LogP contribution in [0, 0.1) is 18.8 Å². The third-order valence-electron chi connectivity index (χ3n) is 4.44. The summed E-state index contributed by atoms with van der Waals surface area (Å²) in [6.45, 7) is 1.68. The Morgan fingerprint density at radius 3 is 2.19 bits per heavy atom. The van der Waals surface area contributed by atoms with E-state index in [1.165, 1.54) is 25.7 Å². The maximum absolute atomic E-state index is 11.6. The predicted octanol–water partition coefficient (Wildman–Crippen LogP) is 2.39.